The van der Waals surface area contributed by atoms with Crippen molar-refractivity contribution >= 4 is 34.7 Å². The van der Waals surface area contributed by atoms with E-state index in [1.807, 2.05) is 19.9 Å². The molecule has 0 radical (unpaired) electrons. The Morgan fingerprint density at radius 3 is 2.62 bits per heavy atom. The third kappa shape index (κ3) is 4.90. The lowest BCUT2D eigenvalue weighted by atomic mass is 10.2. The molecule has 32 heavy (non-hydrogen) atoms. The van der Waals surface area contributed by atoms with Gasteiger partial charge < -0.3 is 15.4 Å². The van der Waals surface area contributed by atoms with Crippen molar-refractivity contribution in [1.82, 2.24) is 9.38 Å². The van der Waals surface area contributed by atoms with Gasteiger partial charge in [0.1, 0.15) is 18.0 Å². The maximum Gasteiger partial charge on any atom is 0.323 e. The van der Waals surface area contributed by atoms with E-state index in [4.69, 9.17) is 16.3 Å². The molecule has 0 spiro atoms. The highest BCUT2D eigenvalue weighted by atomic mass is 35.5. The summed E-state index contributed by atoms with van der Waals surface area (Å²) in [5.41, 5.74) is 3.98. The number of amides is 2. The van der Waals surface area contributed by atoms with E-state index in [1.54, 1.807) is 54.7 Å². The van der Waals surface area contributed by atoms with Gasteiger partial charge in [-0.25, -0.2) is 9.78 Å². The first-order valence-electron chi connectivity index (χ1n) is 9.94. The number of hydrogen-bond acceptors (Lipinski definition) is 4. The molecule has 2 amide bonds. The molecule has 0 bridgehead atoms. The molecular formula is C24H21ClN4O3. The Morgan fingerprint density at radius 2 is 1.84 bits per heavy atom. The Bertz CT molecular complexity index is 1350. The second-order valence-corrected chi connectivity index (χ2v) is 7.73. The van der Waals surface area contributed by atoms with E-state index in [0.717, 1.165) is 11.1 Å². The predicted octanol–water partition coefficient (Wildman–Crippen LogP) is 5.19. The minimum atomic E-state index is -0.375. The van der Waals surface area contributed by atoms with Crippen molar-refractivity contribution in [3.63, 3.8) is 0 Å². The maximum atomic E-state index is 12.3. The maximum absolute atomic E-state index is 12.3. The summed E-state index contributed by atoms with van der Waals surface area (Å²) in [6, 6.07) is 17.0. The highest BCUT2D eigenvalue weighted by Gasteiger charge is 2.08. The zero-order valence-electron chi connectivity index (χ0n) is 17.6. The van der Waals surface area contributed by atoms with Crippen molar-refractivity contribution in [2.45, 2.75) is 20.5 Å². The summed E-state index contributed by atoms with van der Waals surface area (Å²) < 4.78 is 7.26. The van der Waals surface area contributed by atoms with Crippen LogP contribution in [0.25, 0.3) is 5.65 Å². The first-order valence-corrected chi connectivity index (χ1v) is 10.3. The van der Waals surface area contributed by atoms with E-state index in [1.165, 1.54) is 10.5 Å². The summed E-state index contributed by atoms with van der Waals surface area (Å²) in [6.45, 7) is 3.91. The summed E-state index contributed by atoms with van der Waals surface area (Å²) in [6.07, 6.45) is 1.75. The molecule has 4 rings (SSSR count). The fourth-order valence-electron chi connectivity index (χ4n) is 3.15. The minimum absolute atomic E-state index is 0.154. The number of carbonyl (C=O) groups excluding carboxylic acids is 1. The Kier molecular flexibility index (Phi) is 6.09. The van der Waals surface area contributed by atoms with E-state index >= 15 is 0 Å². The molecule has 7 nitrogen and oxygen atoms in total. The van der Waals surface area contributed by atoms with Crippen molar-refractivity contribution in [2.75, 3.05) is 10.6 Å². The first-order chi connectivity index (χ1) is 15.4. The minimum Gasteiger partial charge on any atom is -0.487 e. The Balaban J connectivity index is 1.37. The standard InChI is InChI=1S/C24H21ClN4O3/c1-15-6-11-22-26-18(12-23(30)29(22)13-15)14-32-19-9-7-17(8-10-19)27-24(31)28-21-5-3-4-20(25)16(21)2/h3-13H,14H2,1-2H3,(H2,27,28,31). The lowest BCUT2D eigenvalue weighted by molar-refractivity contribution is 0.262. The number of aromatic nitrogens is 2. The van der Waals surface area contributed by atoms with Crippen LogP contribution in [0, 0.1) is 13.8 Å². The van der Waals surface area contributed by atoms with Gasteiger partial charge >= 0.3 is 6.03 Å². The molecule has 0 saturated heterocycles. The van der Waals surface area contributed by atoms with Gasteiger partial charge in [-0.2, -0.15) is 0 Å². The van der Waals surface area contributed by atoms with E-state index in [9.17, 15) is 9.59 Å². The van der Waals surface area contributed by atoms with Crippen molar-refractivity contribution in [1.29, 1.82) is 0 Å². The normalized spacial score (nSPS) is 10.7. The molecule has 162 valence electrons. The summed E-state index contributed by atoms with van der Waals surface area (Å²) in [5.74, 6) is 0.590. The van der Waals surface area contributed by atoms with E-state index in [0.29, 0.717) is 33.5 Å². The monoisotopic (exact) mass is 448 g/mol. The molecule has 0 unspecified atom stereocenters. The molecule has 2 heterocycles. The number of hydrogen-bond donors (Lipinski definition) is 2. The van der Waals surface area contributed by atoms with Crippen LogP contribution in [-0.4, -0.2) is 15.4 Å². The smallest absolute Gasteiger partial charge is 0.323 e. The van der Waals surface area contributed by atoms with Crippen LogP contribution in [0.3, 0.4) is 0 Å². The second-order valence-electron chi connectivity index (χ2n) is 7.32. The zero-order chi connectivity index (χ0) is 22.7. The number of nitrogens with zero attached hydrogens (tertiary/aromatic N) is 2. The van der Waals surface area contributed by atoms with Gasteiger partial charge in [0.2, 0.25) is 0 Å². The number of ether oxygens (including phenoxy) is 1. The van der Waals surface area contributed by atoms with Crippen LogP contribution in [-0.2, 0) is 6.61 Å². The predicted molar refractivity (Wildman–Crippen MR) is 126 cm³/mol. The van der Waals surface area contributed by atoms with Gasteiger partial charge in [0.25, 0.3) is 5.56 Å². The molecule has 0 saturated carbocycles. The van der Waals surface area contributed by atoms with Gasteiger partial charge in [-0.3, -0.25) is 9.20 Å². The van der Waals surface area contributed by atoms with Crippen LogP contribution >= 0.6 is 11.6 Å². The molecule has 2 N–H and O–H groups in total. The number of benzene rings is 2. The fourth-order valence-corrected chi connectivity index (χ4v) is 3.33. The molecule has 2 aromatic heterocycles. The average molecular weight is 449 g/mol. The second kappa shape index (κ2) is 9.11. The quantitative estimate of drug-likeness (QED) is 0.440. The number of fused-ring (bicyclic) bond motifs is 1. The molecule has 0 aliphatic carbocycles. The third-order valence-electron chi connectivity index (χ3n) is 4.88. The van der Waals surface area contributed by atoms with E-state index in [-0.39, 0.29) is 18.2 Å². The topological polar surface area (TPSA) is 84.7 Å². The van der Waals surface area contributed by atoms with Crippen molar-refractivity contribution < 1.29 is 9.53 Å². The Morgan fingerprint density at radius 1 is 1.06 bits per heavy atom. The van der Waals surface area contributed by atoms with Crippen LogP contribution < -0.4 is 20.9 Å². The third-order valence-corrected chi connectivity index (χ3v) is 5.28. The van der Waals surface area contributed by atoms with E-state index in [2.05, 4.69) is 15.6 Å². The number of carbonyl (C=O) groups is 1. The fraction of sp³-hybridized carbons (Fsp3) is 0.125. The van der Waals surface area contributed by atoms with Crippen LogP contribution in [0.4, 0.5) is 16.2 Å². The first kappa shape index (κ1) is 21.4. The summed E-state index contributed by atoms with van der Waals surface area (Å²) >= 11 is 6.08. The van der Waals surface area contributed by atoms with Gasteiger partial charge in [-0.05, 0) is 67.4 Å². The number of anilines is 2. The number of urea groups is 1. The van der Waals surface area contributed by atoms with Crippen molar-refractivity contribution in [3.05, 3.63) is 99.1 Å². The lowest BCUT2D eigenvalue weighted by Crippen LogP contribution is -2.20. The summed E-state index contributed by atoms with van der Waals surface area (Å²) in [5, 5.41) is 6.13. The van der Waals surface area contributed by atoms with E-state index < -0.39 is 0 Å². The molecule has 0 aliphatic heterocycles. The van der Waals surface area contributed by atoms with Gasteiger partial charge in [-0.1, -0.05) is 23.7 Å². The highest BCUT2D eigenvalue weighted by molar-refractivity contribution is 6.31. The van der Waals surface area contributed by atoms with Gasteiger partial charge in [0.15, 0.2) is 0 Å². The molecule has 0 atom stereocenters. The molecular weight excluding hydrogens is 428 g/mol. The Labute approximate surface area is 189 Å². The number of nitrogens with one attached hydrogen (secondary N) is 2. The van der Waals surface area contributed by atoms with Gasteiger partial charge in [-0.15, -0.1) is 0 Å². The van der Waals surface area contributed by atoms with Crippen molar-refractivity contribution in [3.8, 4) is 5.75 Å². The molecule has 8 heteroatoms. The lowest BCUT2D eigenvalue weighted by Gasteiger charge is -2.11. The Hall–Kier alpha value is -3.84. The zero-order valence-corrected chi connectivity index (χ0v) is 18.3. The average Bonchev–Trinajstić information content (AvgIpc) is 2.77. The number of rotatable bonds is 5. The molecule has 2 aromatic carbocycles. The summed E-state index contributed by atoms with van der Waals surface area (Å²) in [4.78, 5) is 29.0. The van der Waals surface area contributed by atoms with Crippen molar-refractivity contribution in [2.24, 2.45) is 0 Å². The van der Waals surface area contributed by atoms with Crippen LogP contribution in [0.15, 0.2) is 71.7 Å². The highest BCUT2D eigenvalue weighted by Crippen LogP contribution is 2.23. The number of halogens is 1. The molecule has 0 fully saturated rings. The van der Waals surface area contributed by atoms with Crippen LogP contribution in [0.2, 0.25) is 5.02 Å². The van der Waals surface area contributed by atoms with Gasteiger partial charge in [0, 0.05) is 28.7 Å². The molecule has 0 aliphatic rings. The SMILES string of the molecule is Cc1ccc2nc(COc3ccc(NC(=O)Nc4cccc(Cl)c4C)cc3)cc(=O)n2c1. The number of aryl methyl sites for hydroxylation is 1. The number of pyridine rings is 1. The molecule has 4 aromatic rings. The summed E-state index contributed by atoms with van der Waals surface area (Å²) in [7, 11) is 0. The van der Waals surface area contributed by atoms with Crippen LogP contribution in [0.1, 0.15) is 16.8 Å². The van der Waals surface area contributed by atoms with Gasteiger partial charge in [0.05, 0.1) is 5.69 Å². The largest absolute Gasteiger partial charge is 0.487 e. The van der Waals surface area contributed by atoms with Crippen LogP contribution in [0.5, 0.6) is 5.75 Å².